The number of hydrogen-bond donors (Lipinski definition) is 0. The molecule has 0 atom stereocenters. The molecule has 0 aliphatic carbocycles. The maximum Gasteiger partial charge on any atom is 0.267 e. The standard InChI is InChI=1S/C8H10N2O2S2/c1-13-8-5-3-4-7(6-8)9-10-14(2,11)12/h3-6H,1-2H3. The molecule has 1 aromatic rings. The number of hydrogen-bond acceptors (Lipinski definition) is 4. The van der Waals surface area contributed by atoms with E-state index in [1.807, 2.05) is 18.4 Å². The molecule has 0 bridgehead atoms. The summed E-state index contributed by atoms with van der Waals surface area (Å²) < 4.78 is 24.6. The zero-order valence-electron chi connectivity index (χ0n) is 7.84. The van der Waals surface area contributed by atoms with Crippen LogP contribution in [-0.4, -0.2) is 20.9 Å². The van der Waals surface area contributed by atoms with Crippen LogP contribution in [-0.2, 0) is 10.0 Å². The Hall–Kier alpha value is -0.880. The minimum absolute atomic E-state index is 0.544. The average molecular weight is 230 g/mol. The first-order valence-electron chi connectivity index (χ1n) is 3.78. The fourth-order valence-corrected chi connectivity index (χ4v) is 1.49. The van der Waals surface area contributed by atoms with Crippen LogP contribution in [0.5, 0.6) is 0 Å². The van der Waals surface area contributed by atoms with Crippen LogP contribution in [0, 0.1) is 0 Å². The number of rotatable bonds is 3. The molecule has 0 unspecified atom stereocenters. The fraction of sp³-hybridized carbons (Fsp3) is 0.250. The zero-order chi connectivity index (χ0) is 10.6. The third-order valence-electron chi connectivity index (χ3n) is 1.36. The monoisotopic (exact) mass is 230 g/mol. The van der Waals surface area contributed by atoms with Gasteiger partial charge in [0.25, 0.3) is 10.0 Å². The van der Waals surface area contributed by atoms with Crippen LogP contribution in [0.4, 0.5) is 5.69 Å². The van der Waals surface area contributed by atoms with Crippen LogP contribution in [0.2, 0.25) is 0 Å². The highest BCUT2D eigenvalue weighted by molar-refractivity contribution is 7.98. The summed E-state index contributed by atoms with van der Waals surface area (Å²) in [6.07, 6.45) is 2.95. The van der Waals surface area contributed by atoms with E-state index in [1.54, 1.807) is 23.9 Å². The van der Waals surface area contributed by atoms with Gasteiger partial charge in [-0.1, -0.05) is 10.6 Å². The quantitative estimate of drug-likeness (QED) is 0.592. The van der Waals surface area contributed by atoms with Crippen LogP contribution in [0.3, 0.4) is 0 Å². The Labute approximate surface area is 87.5 Å². The molecule has 0 saturated carbocycles. The van der Waals surface area contributed by atoms with Gasteiger partial charge in [-0.3, -0.25) is 0 Å². The molecular formula is C8H10N2O2S2. The van der Waals surface area contributed by atoms with Gasteiger partial charge >= 0.3 is 0 Å². The predicted octanol–water partition coefficient (Wildman–Crippen LogP) is 2.45. The molecule has 1 rings (SSSR count). The highest BCUT2D eigenvalue weighted by atomic mass is 32.2. The summed E-state index contributed by atoms with van der Waals surface area (Å²) in [5.41, 5.74) is 0.544. The van der Waals surface area contributed by atoms with E-state index < -0.39 is 10.0 Å². The molecule has 76 valence electrons. The van der Waals surface area contributed by atoms with Crippen molar-refractivity contribution in [3.8, 4) is 0 Å². The van der Waals surface area contributed by atoms with Crippen LogP contribution in [0.1, 0.15) is 0 Å². The number of nitrogens with zero attached hydrogens (tertiary/aromatic N) is 2. The molecule has 1 aromatic carbocycles. The number of thioether (sulfide) groups is 1. The van der Waals surface area contributed by atoms with Crippen molar-refractivity contribution in [1.82, 2.24) is 0 Å². The minimum atomic E-state index is -3.39. The van der Waals surface area contributed by atoms with E-state index in [-0.39, 0.29) is 0 Å². The van der Waals surface area contributed by atoms with Gasteiger partial charge in [0.15, 0.2) is 0 Å². The lowest BCUT2D eigenvalue weighted by Crippen LogP contribution is -1.86. The zero-order valence-corrected chi connectivity index (χ0v) is 9.47. The Morgan fingerprint density at radius 2 is 2.07 bits per heavy atom. The molecule has 0 amide bonds. The second kappa shape index (κ2) is 4.56. The Balaban J connectivity index is 2.93. The molecule has 0 saturated heterocycles. The van der Waals surface area contributed by atoms with E-state index in [4.69, 9.17) is 0 Å². The van der Waals surface area contributed by atoms with Gasteiger partial charge in [0.1, 0.15) is 0 Å². The molecule has 0 fully saturated rings. The van der Waals surface area contributed by atoms with Crippen LogP contribution >= 0.6 is 11.8 Å². The van der Waals surface area contributed by atoms with Crippen molar-refractivity contribution in [2.45, 2.75) is 4.90 Å². The Morgan fingerprint density at radius 1 is 1.36 bits per heavy atom. The third kappa shape index (κ3) is 3.89. The van der Waals surface area contributed by atoms with Crippen molar-refractivity contribution in [3.63, 3.8) is 0 Å². The molecule has 0 radical (unpaired) electrons. The first kappa shape index (κ1) is 11.2. The van der Waals surface area contributed by atoms with Gasteiger partial charge in [0.05, 0.1) is 11.9 Å². The average Bonchev–Trinajstić information content (AvgIpc) is 2.14. The van der Waals surface area contributed by atoms with Gasteiger partial charge in [-0.15, -0.1) is 16.9 Å². The van der Waals surface area contributed by atoms with E-state index >= 15 is 0 Å². The molecule has 4 nitrogen and oxygen atoms in total. The summed E-state index contributed by atoms with van der Waals surface area (Å²) in [7, 11) is -3.39. The van der Waals surface area contributed by atoms with Crippen molar-refractivity contribution in [3.05, 3.63) is 24.3 Å². The van der Waals surface area contributed by atoms with Crippen molar-refractivity contribution in [2.75, 3.05) is 12.5 Å². The smallest absolute Gasteiger partial charge is 0.203 e. The van der Waals surface area contributed by atoms with Crippen LogP contribution < -0.4 is 0 Å². The molecule has 14 heavy (non-hydrogen) atoms. The van der Waals surface area contributed by atoms with E-state index in [0.717, 1.165) is 11.2 Å². The molecule has 0 spiro atoms. The molecule has 0 aliphatic heterocycles. The van der Waals surface area contributed by atoms with Gasteiger partial charge in [0.2, 0.25) is 0 Å². The van der Waals surface area contributed by atoms with Crippen LogP contribution in [0.15, 0.2) is 38.8 Å². The van der Waals surface area contributed by atoms with Crippen molar-refractivity contribution < 1.29 is 8.42 Å². The molecule has 0 heterocycles. The number of benzene rings is 1. The van der Waals surface area contributed by atoms with Gasteiger partial charge in [-0.05, 0) is 24.5 Å². The highest BCUT2D eigenvalue weighted by Gasteiger charge is 1.97. The van der Waals surface area contributed by atoms with E-state index in [1.165, 1.54) is 0 Å². The van der Waals surface area contributed by atoms with Crippen molar-refractivity contribution in [1.29, 1.82) is 0 Å². The predicted molar refractivity (Wildman–Crippen MR) is 57.6 cm³/mol. The fourth-order valence-electron chi connectivity index (χ4n) is 0.794. The summed E-state index contributed by atoms with van der Waals surface area (Å²) >= 11 is 1.57. The summed E-state index contributed by atoms with van der Waals surface area (Å²) in [6.45, 7) is 0. The highest BCUT2D eigenvalue weighted by Crippen LogP contribution is 2.21. The second-order valence-corrected chi connectivity index (χ2v) is 5.13. The van der Waals surface area contributed by atoms with E-state index in [9.17, 15) is 8.42 Å². The Morgan fingerprint density at radius 3 is 2.64 bits per heavy atom. The third-order valence-corrected chi connectivity index (χ3v) is 2.46. The topological polar surface area (TPSA) is 58.9 Å². The molecule has 0 aromatic heterocycles. The lowest BCUT2D eigenvalue weighted by molar-refractivity contribution is 0.601. The SMILES string of the molecule is CSc1cccc(N=NS(C)(=O)=O)c1. The van der Waals surface area contributed by atoms with Crippen molar-refractivity contribution in [2.24, 2.45) is 9.63 Å². The maximum atomic E-state index is 10.7. The molecule has 6 heteroatoms. The van der Waals surface area contributed by atoms with Gasteiger partial charge in [0, 0.05) is 4.90 Å². The van der Waals surface area contributed by atoms with E-state index in [0.29, 0.717) is 5.69 Å². The van der Waals surface area contributed by atoms with Crippen molar-refractivity contribution >= 4 is 27.5 Å². The molecular weight excluding hydrogens is 220 g/mol. The lowest BCUT2D eigenvalue weighted by Gasteiger charge is -1.95. The van der Waals surface area contributed by atoms with E-state index in [2.05, 4.69) is 9.63 Å². The first-order valence-corrected chi connectivity index (χ1v) is 6.85. The van der Waals surface area contributed by atoms with Crippen LogP contribution in [0.25, 0.3) is 0 Å². The molecule has 0 N–H and O–H groups in total. The minimum Gasteiger partial charge on any atom is -0.203 e. The second-order valence-electron chi connectivity index (χ2n) is 2.62. The lowest BCUT2D eigenvalue weighted by atomic mass is 10.3. The van der Waals surface area contributed by atoms with Gasteiger partial charge < -0.3 is 0 Å². The first-order chi connectivity index (χ1) is 6.51. The summed E-state index contributed by atoms with van der Waals surface area (Å²) in [4.78, 5) is 1.02. The number of sulfonamides is 1. The summed E-state index contributed by atoms with van der Waals surface area (Å²) in [6, 6.07) is 7.21. The Kier molecular flexibility index (Phi) is 3.65. The van der Waals surface area contributed by atoms with Gasteiger partial charge in [-0.2, -0.15) is 0 Å². The Bertz CT molecular complexity index is 440. The maximum absolute atomic E-state index is 10.7. The molecule has 0 aliphatic rings. The van der Waals surface area contributed by atoms with Gasteiger partial charge in [-0.25, -0.2) is 8.42 Å². The summed E-state index contributed by atoms with van der Waals surface area (Å²) in [5, 5.41) is 3.61. The normalized spacial score (nSPS) is 12.1. The largest absolute Gasteiger partial charge is 0.267 e. The summed E-state index contributed by atoms with van der Waals surface area (Å²) in [5.74, 6) is 0.